The number of amides is 2. The minimum atomic E-state index is -5.16. The normalized spacial score (nSPS) is 12.5. The second-order valence-electron chi connectivity index (χ2n) is 8.13. The van der Waals surface area contributed by atoms with Crippen LogP contribution >= 0.6 is 23.2 Å². The maximum Gasteiger partial charge on any atom is 0.316 e. The molecule has 0 aliphatic heterocycles. The van der Waals surface area contributed by atoms with Crippen LogP contribution in [0.1, 0.15) is 0 Å². The lowest BCUT2D eigenvalue weighted by Crippen LogP contribution is -2.19. The number of halogens is 2. The van der Waals surface area contributed by atoms with E-state index in [-0.39, 0.29) is 33.6 Å². The summed E-state index contributed by atoms with van der Waals surface area (Å²) >= 11 is 11.5. The van der Waals surface area contributed by atoms with Crippen molar-refractivity contribution in [3.05, 3.63) is 53.0 Å². The van der Waals surface area contributed by atoms with E-state index < -0.39 is 67.5 Å². The third-order valence-electron chi connectivity index (χ3n) is 5.18. The van der Waals surface area contributed by atoms with Crippen LogP contribution in [0.4, 0.5) is 33.5 Å². The highest BCUT2D eigenvalue weighted by atomic mass is 35.5. The summed E-state index contributed by atoms with van der Waals surface area (Å²) in [5.41, 5.74) is 4.53. The van der Waals surface area contributed by atoms with Crippen LogP contribution in [0.15, 0.2) is 67.4 Å². The Bertz CT molecular complexity index is 2160. The van der Waals surface area contributed by atoms with E-state index in [9.17, 15) is 43.7 Å². The van der Waals surface area contributed by atoms with Crippen LogP contribution < -0.4 is 16.4 Å². The highest BCUT2D eigenvalue weighted by molar-refractivity contribution is 7.87. The molecule has 0 saturated heterocycles. The second kappa shape index (κ2) is 11.5. The van der Waals surface area contributed by atoms with Gasteiger partial charge in [-0.05, 0) is 71.1 Å². The topological polar surface area (TPSA) is 294 Å². The molecular formula is C20H14Cl2N8O10S3. The van der Waals surface area contributed by atoms with Gasteiger partial charge in [0.25, 0.3) is 30.4 Å². The first-order valence-corrected chi connectivity index (χ1v) is 15.9. The number of urea groups is 1. The number of azo groups is 1. The number of primary amides is 1. The summed E-state index contributed by atoms with van der Waals surface area (Å²) in [7, 11) is -15.3. The molecule has 0 saturated carbocycles. The number of carbonyl (C=O) groups excluding carboxylic acids is 1. The van der Waals surface area contributed by atoms with E-state index in [1.807, 2.05) is 0 Å². The molecule has 4 aromatic rings. The third kappa shape index (κ3) is 7.66. The third-order valence-corrected chi connectivity index (χ3v) is 8.12. The molecule has 0 atom stereocenters. The van der Waals surface area contributed by atoms with Crippen LogP contribution in [0.2, 0.25) is 10.6 Å². The van der Waals surface area contributed by atoms with Gasteiger partial charge in [-0.15, -0.1) is 10.2 Å². The van der Waals surface area contributed by atoms with Crippen LogP contribution in [0.3, 0.4) is 0 Å². The van der Waals surface area contributed by atoms with Gasteiger partial charge in [0, 0.05) is 11.1 Å². The van der Waals surface area contributed by atoms with Crippen LogP contribution in [-0.4, -0.2) is 59.9 Å². The van der Waals surface area contributed by atoms with Crippen molar-refractivity contribution in [1.29, 1.82) is 0 Å². The lowest BCUT2D eigenvalue weighted by molar-refractivity contribution is 0.259. The molecule has 0 radical (unpaired) electrons. The summed E-state index contributed by atoms with van der Waals surface area (Å²) < 4.78 is 100. The lowest BCUT2D eigenvalue weighted by Gasteiger charge is -2.11. The van der Waals surface area contributed by atoms with Gasteiger partial charge in [-0.25, -0.2) is 4.79 Å². The van der Waals surface area contributed by atoms with Crippen molar-refractivity contribution < 1.29 is 43.7 Å². The average molecular weight is 693 g/mol. The number of nitrogens with one attached hydrogen (secondary N) is 2. The molecule has 4 rings (SSSR count). The predicted molar refractivity (Wildman–Crippen MR) is 150 cm³/mol. The Morgan fingerprint density at radius 2 is 1.37 bits per heavy atom. The molecule has 1 aromatic heterocycles. The number of fused-ring (bicyclic) bond motifs is 1. The molecule has 7 N–H and O–H groups in total. The molecule has 0 aliphatic carbocycles. The van der Waals surface area contributed by atoms with E-state index in [2.05, 4.69) is 35.8 Å². The minimum Gasteiger partial charge on any atom is -0.351 e. The predicted octanol–water partition coefficient (Wildman–Crippen LogP) is 3.72. The second-order valence-corrected chi connectivity index (χ2v) is 13.0. The summed E-state index contributed by atoms with van der Waals surface area (Å²) in [4.78, 5) is 19.9. The Morgan fingerprint density at radius 3 is 1.93 bits per heavy atom. The van der Waals surface area contributed by atoms with Gasteiger partial charge in [-0.2, -0.15) is 40.2 Å². The first-order valence-electron chi connectivity index (χ1n) is 10.8. The number of rotatable bonds is 8. The van der Waals surface area contributed by atoms with Gasteiger partial charge in [0.2, 0.25) is 16.5 Å². The van der Waals surface area contributed by atoms with Gasteiger partial charge in [-0.3, -0.25) is 13.7 Å². The standard InChI is InChI=1S/C20H14Cl2N8O10S3/c21-17-26-18(22)28-20(27-17)24-9-1-2-12(13(5-9)25-19(23)31)29-30-14-7-11-8(4-16(14)43(38,39)40)3-10(41(32,33)34)6-15(11)42(35,36)37/h1-7H,(H3,23,25,31)(H,32,33,34)(H,35,36,37)(H,38,39,40)(H,24,26,27,28)/b30-29+. The molecule has 0 aliphatic rings. The van der Waals surface area contributed by atoms with Gasteiger partial charge >= 0.3 is 6.03 Å². The van der Waals surface area contributed by atoms with Crippen LogP contribution in [0.5, 0.6) is 0 Å². The number of nitrogens with two attached hydrogens (primary N) is 1. The summed E-state index contributed by atoms with van der Waals surface area (Å²) in [5, 5.41) is 11.3. The minimum absolute atomic E-state index is 0.0786. The Morgan fingerprint density at radius 1 is 0.767 bits per heavy atom. The fourth-order valence-electron chi connectivity index (χ4n) is 3.52. The quantitative estimate of drug-likeness (QED) is 0.113. The van der Waals surface area contributed by atoms with Gasteiger partial charge in [-0.1, -0.05) is 0 Å². The first-order chi connectivity index (χ1) is 19.8. The molecule has 0 spiro atoms. The van der Waals surface area contributed by atoms with Crippen molar-refractivity contribution >= 4 is 99.1 Å². The largest absolute Gasteiger partial charge is 0.351 e. The van der Waals surface area contributed by atoms with Crippen molar-refractivity contribution in [1.82, 2.24) is 15.0 Å². The Balaban J connectivity index is 1.88. The molecule has 0 bridgehead atoms. The van der Waals surface area contributed by atoms with E-state index in [1.165, 1.54) is 18.2 Å². The maximum absolute atomic E-state index is 12.2. The number of benzene rings is 3. The van der Waals surface area contributed by atoms with E-state index in [4.69, 9.17) is 28.9 Å². The Kier molecular flexibility index (Phi) is 8.54. The fraction of sp³-hybridized carbons (Fsp3) is 0. The molecule has 1 heterocycles. The van der Waals surface area contributed by atoms with E-state index >= 15 is 0 Å². The molecular weight excluding hydrogens is 679 g/mol. The molecule has 43 heavy (non-hydrogen) atoms. The smallest absolute Gasteiger partial charge is 0.316 e. The zero-order chi connectivity index (χ0) is 31.9. The number of carbonyl (C=O) groups is 1. The first kappa shape index (κ1) is 31.8. The summed E-state index contributed by atoms with van der Waals surface area (Å²) in [6.07, 6.45) is 0. The monoisotopic (exact) mass is 692 g/mol. The summed E-state index contributed by atoms with van der Waals surface area (Å²) in [6, 6.07) is 5.41. The number of anilines is 3. The zero-order valence-electron chi connectivity index (χ0n) is 20.5. The van der Waals surface area contributed by atoms with E-state index in [0.717, 1.165) is 6.07 Å². The van der Waals surface area contributed by atoms with E-state index in [1.54, 1.807) is 0 Å². The molecule has 0 fully saturated rings. The lowest BCUT2D eigenvalue weighted by atomic mass is 10.1. The molecule has 3 aromatic carbocycles. The maximum atomic E-state index is 12.2. The molecule has 18 nitrogen and oxygen atoms in total. The molecule has 2 amide bonds. The van der Waals surface area contributed by atoms with Gasteiger partial charge < -0.3 is 16.4 Å². The van der Waals surface area contributed by atoms with Gasteiger partial charge in [0.1, 0.15) is 21.2 Å². The number of hydrogen-bond acceptors (Lipinski definition) is 13. The SMILES string of the molecule is NC(=O)Nc1cc(Nc2nc(Cl)nc(Cl)n2)ccc1/N=N/c1cc2c(S(=O)(=O)O)cc(S(=O)(=O)O)cc2cc1S(=O)(=O)O. The van der Waals surface area contributed by atoms with E-state index in [0.29, 0.717) is 18.2 Å². The van der Waals surface area contributed by atoms with Gasteiger partial charge in [0.15, 0.2) is 0 Å². The van der Waals surface area contributed by atoms with Crippen LogP contribution in [0.25, 0.3) is 10.8 Å². The zero-order valence-corrected chi connectivity index (χ0v) is 24.5. The van der Waals surface area contributed by atoms with Gasteiger partial charge in [0.05, 0.1) is 10.6 Å². The van der Waals surface area contributed by atoms with Crippen LogP contribution in [-0.2, 0) is 30.4 Å². The van der Waals surface area contributed by atoms with Crippen molar-refractivity contribution in [2.45, 2.75) is 14.7 Å². The fourth-order valence-corrected chi connectivity index (χ4v) is 5.87. The highest BCUT2D eigenvalue weighted by Crippen LogP contribution is 2.37. The Labute approximate surface area is 251 Å². The van der Waals surface area contributed by atoms with Crippen molar-refractivity contribution in [3.8, 4) is 0 Å². The highest BCUT2D eigenvalue weighted by Gasteiger charge is 2.24. The number of hydrogen-bond donors (Lipinski definition) is 6. The number of aromatic nitrogens is 3. The Hall–Kier alpha value is -4.09. The summed E-state index contributed by atoms with van der Waals surface area (Å²) in [5.74, 6) is -0.0786. The average Bonchev–Trinajstić information content (AvgIpc) is 2.84. The van der Waals surface area contributed by atoms with Crippen molar-refractivity contribution in [3.63, 3.8) is 0 Å². The summed E-state index contributed by atoms with van der Waals surface area (Å²) in [6.45, 7) is 0. The van der Waals surface area contributed by atoms with Crippen molar-refractivity contribution in [2.24, 2.45) is 16.0 Å². The molecule has 0 unspecified atom stereocenters. The van der Waals surface area contributed by atoms with Crippen molar-refractivity contribution in [2.75, 3.05) is 10.6 Å². The molecule has 23 heteroatoms. The van der Waals surface area contributed by atoms with Crippen LogP contribution in [0, 0.1) is 0 Å². The molecule has 226 valence electrons. The number of nitrogens with zero attached hydrogens (tertiary/aromatic N) is 5.